The molecule has 4 amide bonds. The smallest absolute Gasteiger partial charge is 0.243 e. The van der Waals surface area contributed by atoms with E-state index in [1.807, 2.05) is 54.6 Å². The highest BCUT2D eigenvalue weighted by molar-refractivity contribution is 5.95. The van der Waals surface area contributed by atoms with E-state index in [9.17, 15) is 24.3 Å². The Morgan fingerprint density at radius 1 is 0.844 bits per heavy atom. The van der Waals surface area contributed by atoms with Gasteiger partial charge in [0.2, 0.25) is 23.6 Å². The topological polar surface area (TPSA) is 178 Å². The second kappa shape index (κ2) is 14.5. The fourth-order valence-corrected chi connectivity index (χ4v) is 5.50. The third-order valence-corrected chi connectivity index (χ3v) is 7.98. The largest absolute Gasteiger partial charge is 0.508 e. The van der Waals surface area contributed by atoms with Gasteiger partial charge in [0.05, 0.1) is 6.04 Å². The highest BCUT2D eigenvalue weighted by Gasteiger charge is 2.32. The van der Waals surface area contributed by atoms with Gasteiger partial charge in [-0.3, -0.25) is 19.2 Å². The summed E-state index contributed by atoms with van der Waals surface area (Å²) in [6, 6.07) is 19.6. The van der Waals surface area contributed by atoms with Crippen LogP contribution in [0.2, 0.25) is 0 Å². The van der Waals surface area contributed by atoms with E-state index < -0.39 is 41.9 Å². The van der Waals surface area contributed by atoms with Crippen molar-refractivity contribution in [3.8, 4) is 5.75 Å². The number of aromatic amines is 1. The molecule has 0 bridgehead atoms. The van der Waals surface area contributed by atoms with Gasteiger partial charge in [-0.2, -0.15) is 0 Å². The fraction of sp³-hybridized carbons (Fsp3) is 0.294. The van der Waals surface area contributed by atoms with Crippen LogP contribution in [0.3, 0.4) is 0 Å². The Hall–Kier alpha value is -5.16. The van der Waals surface area contributed by atoms with Gasteiger partial charge in [0.25, 0.3) is 0 Å². The molecule has 1 aromatic heterocycles. The molecule has 0 saturated carbocycles. The van der Waals surface area contributed by atoms with E-state index in [0.717, 1.165) is 27.6 Å². The zero-order valence-corrected chi connectivity index (χ0v) is 24.8. The maximum Gasteiger partial charge on any atom is 0.243 e. The van der Waals surface area contributed by atoms with Crippen LogP contribution in [-0.4, -0.2) is 64.4 Å². The Labute approximate surface area is 261 Å². The molecule has 5 rings (SSSR count). The predicted molar refractivity (Wildman–Crippen MR) is 170 cm³/mol. The number of H-pyrrole nitrogens is 1. The van der Waals surface area contributed by atoms with Crippen molar-refractivity contribution in [2.45, 2.75) is 56.3 Å². The first kappa shape index (κ1) is 31.3. The molecule has 45 heavy (non-hydrogen) atoms. The Morgan fingerprint density at radius 3 is 2.31 bits per heavy atom. The number of hydrogen-bond acceptors (Lipinski definition) is 6. The summed E-state index contributed by atoms with van der Waals surface area (Å²) in [5.74, 6) is -1.79. The number of phenols is 1. The SMILES string of the molecule is N[C@@H](Cc1ccc(O)cc1)C(=O)N[C@@H]1CCCNC(=O)[C@H](Cc2ccccc2)NC(=O)[C@H](Cc2c[nH]c3ccccc23)NC1=O. The molecule has 8 N–H and O–H groups in total. The minimum absolute atomic E-state index is 0.103. The van der Waals surface area contributed by atoms with Crippen LogP contribution in [0.15, 0.2) is 85.1 Å². The molecule has 0 unspecified atom stereocenters. The van der Waals surface area contributed by atoms with E-state index in [2.05, 4.69) is 26.3 Å². The van der Waals surface area contributed by atoms with Crippen LogP contribution in [0.1, 0.15) is 29.5 Å². The van der Waals surface area contributed by atoms with Crippen molar-refractivity contribution >= 4 is 34.5 Å². The van der Waals surface area contributed by atoms with Crippen molar-refractivity contribution in [2.75, 3.05) is 6.54 Å². The van der Waals surface area contributed by atoms with E-state index in [4.69, 9.17) is 5.73 Å². The number of amides is 4. The Balaban J connectivity index is 1.36. The van der Waals surface area contributed by atoms with E-state index in [-0.39, 0.29) is 43.9 Å². The van der Waals surface area contributed by atoms with Gasteiger partial charge in [-0.05, 0) is 54.2 Å². The van der Waals surface area contributed by atoms with E-state index in [1.165, 1.54) is 12.1 Å². The lowest BCUT2D eigenvalue weighted by Crippen LogP contribution is -2.59. The summed E-state index contributed by atoms with van der Waals surface area (Å²) in [4.78, 5) is 57.1. The van der Waals surface area contributed by atoms with Crippen molar-refractivity contribution in [2.24, 2.45) is 5.73 Å². The average molecular weight is 611 g/mol. The number of carbonyl (C=O) groups is 4. The average Bonchev–Trinajstić information content (AvgIpc) is 3.45. The second-order valence-electron chi connectivity index (χ2n) is 11.3. The Bertz CT molecular complexity index is 1640. The first-order valence-electron chi connectivity index (χ1n) is 15.1. The van der Waals surface area contributed by atoms with E-state index in [0.29, 0.717) is 6.42 Å². The van der Waals surface area contributed by atoms with Crippen molar-refractivity contribution in [1.82, 2.24) is 26.3 Å². The van der Waals surface area contributed by atoms with Crippen LogP contribution in [-0.2, 0) is 38.4 Å². The molecule has 0 spiro atoms. The number of benzene rings is 3. The zero-order chi connectivity index (χ0) is 31.8. The number of fused-ring (bicyclic) bond motifs is 1. The second-order valence-corrected chi connectivity index (χ2v) is 11.3. The summed E-state index contributed by atoms with van der Waals surface area (Å²) in [7, 11) is 0. The number of phenolic OH excluding ortho intramolecular Hbond substituents is 1. The lowest BCUT2D eigenvalue weighted by Gasteiger charge is -2.27. The van der Waals surface area contributed by atoms with Crippen LogP contribution >= 0.6 is 0 Å². The van der Waals surface area contributed by atoms with Crippen molar-refractivity contribution in [3.05, 3.63) is 102 Å². The number of nitrogens with two attached hydrogens (primary N) is 1. The summed E-state index contributed by atoms with van der Waals surface area (Å²) in [6.45, 7) is 0.248. The van der Waals surface area contributed by atoms with Gasteiger partial charge < -0.3 is 37.1 Å². The van der Waals surface area contributed by atoms with Crippen LogP contribution in [0.5, 0.6) is 5.75 Å². The number of hydrogen-bond donors (Lipinski definition) is 7. The van der Waals surface area contributed by atoms with Crippen LogP contribution < -0.4 is 27.0 Å². The Morgan fingerprint density at radius 2 is 1.53 bits per heavy atom. The van der Waals surface area contributed by atoms with Gasteiger partial charge in [-0.15, -0.1) is 0 Å². The number of carbonyl (C=O) groups excluding carboxylic acids is 4. The monoisotopic (exact) mass is 610 g/mol. The number of nitrogens with one attached hydrogen (secondary N) is 5. The zero-order valence-electron chi connectivity index (χ0n) is 24.8. The number of para-hydroxylation sites is 1. The molecule has 11 nitrogen and oxygen atoms in total. The lowest BCUT2D eigenvalue weighted by molar-refractivity contribution is -0.134. The van der Waals surface area contributed by atoms with Gasteiger partial charge >= 0.3 is 0 Å². The molecule has 234 valence electrons. The summed E-state index contributed by atoms with van der Waals surface area (Å²) >= 11 is 0. The van der Waals surface area contributed by atoms with Crippen molar-refractivity contribution in [3.63, 3.8) is 0 Å². The van der Waals surface area contributed by atoms with Gasteiger partial charge in [0.15, 0.2) is 0 Å². The standard InChI is InChI=1S/C34H38N6O5/c35-26(17-22-12-14-24(41)15-13-22)31(42)38-28-11-6-16-36-32(43)29(18-21-7-2-1-3-8-21)39-34(45)30(40-33(28)44)19-23-20-37-27-10-5-4-9-25(23)27/h1-5,7-10,12-15,20,26,28-30,37,41H,6,11,16-19,35H2,(H,36,43)(H,38,42)(H,39,45)(H,40,44)/t26-,28+,29-,30-/m0/s1. The highest BCUT2D eigenvalue weighted by atomic mass is 16.3. The van der Waals surface area contributed by atoms with E-state index in [1.54, 1.807) is 18.3 Å². The molecule has 1 aliphatic heterocycles. The number of rotatable bonds is 8. The molecule has 0 aliphatic carbocycles. The van der Waals surface area contributed by atoms with Gasteiger partial charge in [-0.25, -0.2) is 0 Å². The lowest BCUT2D eigenvalue weighted by atomic mass is 10.0. The van der Waals surface area contributed by atoms with Crippen molar-refractivity contribution in [1.29, 1.82) is 0 Å². The minimum Gasteiger partial charge on any atom is -0.508 e. The van der Waals surface area contributed by atoms with Crippen LogP contribution in [0, 0.1) is 0 Å². The van der Waals surface area contributed by atoms with Crippen LogP contribution in [0.25, 0.3) is 10.9 Å². The summed E-state index contributed by atoms with van der Waals surface area (Å²) in [5, 5.41) is 21.8. The number of aromatic nitrogens is 1. The summed E-state index contributed by atoms with van der Waals surface area (Å²) in [5.41, 5.74) is 9.52. The maximum absolute atomic E-state index is 13.8. The predicted octanol–water partition coefficient (Wildman–Crippen LogP) is 1.59. The third-order valence-electron chi connectivity index (χ3n) is 7.98. The van der Waals surface area contributed by atoms with Gasteiger partial charge in [0.1, 0.15) is 23.9 Å². The third kappa shape index (κ3) is 8.27. The molecule has 4 atom stereocenters. The van der Waals surface area contributed by atoms with E-state index >= 15 is 0 Å². The number of aromatic hydroxyl groups is 1. The first-order chi connectivity index (χ1) is 21.8. The molecule has 1 aliphatic rings. The summed E-state index contributed by atoms with van der Waals surface area (Å²) < 4.78 is 0. The first-order valence-corrected chi connectivity index (χ1v) is 15.1. The fourth-order valence-electron chi connectivity index (χ4n) is 5.50. The molecule has 3 aromatic carbocycles. The molecule has 0 radical (unpaired) electrons. The maximum atomic E-state index is 13.8. The molecular formula is C34H38N6O5. The molecule has 4 aromatic rings. The molecule has 2 heterocycles. The normalized spacial score (nSPS) is 20.2. The van der Waals surface area contributed by atoms with Gasteiger partial charge in [0, 0.05) is 36.5 Å². The Kier molecular flexibility index (Phi) is 10.1. The summed E-state index contributed by atoms with van der Waals surface area (Å²) in [6.07, 6.45) is 3.05. The van der Waals surface area contributed by atoms with Crippen molar-refractivity contribution < 1.29 is 24.3 Å². The van der Waals surface area contributed by atoms with Crippen LogP contribution in [0.4, 0.5) is 0 Å². The molecule has 1 saturated heterocycles. The quantitative estimate of drug-likeness (QED) is 0.159. The molecule has 11 heteroatoms. The highest BCUT2D eigenvalue weighted by Crippen LogP contribution is 2.20. The molecular weight excluding hydrogens is 572 g/mol. The minimum atomic E-state index is -1.03. The van der Waals surface area contributed by atoms with Gasteiger partial charge in [-0.1, -0.05) is 60.7 Å². The molecule has 1 fully saturated rings.